The zero-order valence-corrected chi connectivity index (χ0v) is 21.7. The number of rotatable bonds is 8. The molecule has 4 aromatic rings. The van der Waals surface area contributed by atoms with E-state index in [0.717, 1.165) is 33.8 Å². The van der Waals surface area contributed by atoms with Gasteiger partial charge < -0.3 is 9.47 Å². The predicted octanol–water partition coefficient (Wildman–Crippen LogP) is 7.71. The number of fused-ring (bicyclic) bond motifs is 1. The summed E-state index contributed by atoms with van der Waals surface area (Å²) in [6.07, 6.45) is 1.70. The fraction of sp³-hybridized carbons (Fsp3) is 0.133. The monoisotopic (exact) mass is 529 g/mol. The highest BCUT2D eigenvalue weighted by molar-refractivity contribution is 8.18. The third-order valence-electron chi connectivity index (χ3n) is 5.93. The third-order valence-corrected chi connectivity index (χ3v) is 7.21. The lowest BCUT2D eigenvalue weighted by molar-refractivity contribution is -0.123. The molecule has 0 radical (unpaired) electrons. The SMILES string of the molecule is CCOc1cc(/C=C2/SC(=O)N(Cc3ccccc3Cl)C2=O)ccc1OCc1ccc2ccccc2c1. The van der Waals surface area contributed by atoms with Crippen LogP contribution in [0.4, 0.5) is 4.79 Å². The second kappa shape index (κ2) is 11.1. The number of carbonyl (C=O) groups is 2. The van der Waals surface area contributed by atoms with Gasteiger partial charge in [0.2, 0.25) is 0 Å². The van der Waals surface area contributed by atoms with Crippen LogP contribution in [0.2, 0.25) is 5.02 Å². The zero-order chi connectivity index (χ0) is 25.8. The summed E-state index contributed by atoms with van der Waals surface area (Å²) >= 11 is 7.14. The van der Waals surface area contributed by atoms with Crippen LogP contribution in [0.3, 0.4) is 0 Å². The molecular formula is C30H24ClNO4S. The fourth-order valence-electron chi connectivity index (χ4n) is 4.08. The Morgan fingerprint density at radius 2 is 1.65 bits per heavy atom. The molecule has 1 saturated heterocycles. The van der Waals surface area contributed by atoms with Gasteiger partial charge in [-0.2, -0.15) is 0 Å². The van der Waals surface area contributed by atoms with E-state index in [-0.39, 0.29) is 17.7 Å². The van der Waals surface area contributed by atoms with Crippen LogP contribution in [0.1, 0.15) is 23.6 Å². The van der Waals surface area contributed by atoms with Gasteiger partial charge >= 0.3 is 0 Å². The number of hydrogen-bond acceptors (Lipinski definition) is 5. The van der Waals surface area contributed by atoms with Crippen molar-refractivity contribution in [2.45, 2.75) is 20.1 Å². The summed E-state index contributed by atoms with van der Waals surface area (Å²) in [6.45, 7) is 2.89. The maximum Gasteiger partial charge on any atom is 0.293 e. The van der Waals surface area contributed by atoms with E-state index >= 15 is 0 Å². The molecule has 4 aromatic carbocycles. The molecule has 37 heavy (non-hydrogen) atoms. The van der Waals surface area contributed by atoms with Gasteiger partial charge in [-0.1, -0.05) is 72.3 Å². The number of amides is 2. The summed E-state index contributed by atoms with van der Waals surface area (Å²) in [5.74, 6) is 0.843. The second-order valence-corrected chi connectivity index (χ2v) is 9.87. The molecule has 1 fully saturated rings. The summed E-state index contributed by atoms with van der Waals surface area (Å²) in [6, 6.07) is 27.1. The Balaban J connectivity index is 1.32. The van der Waals surface area contributed by atoms with Gasteiger partial charge in [-0.05, 0) is 76.5 Å². The Bertz CT molecular complexity index is 1520. The van der Waals surface area contributed by atoms with E-state index < -0.39 is 0 Å². The zero-order valence-electron chi connectivity index (χ0n) is 20.1. The van der Waals surface area contributed by atoms with Crippen LogP contribution in [0.15, 0.2) is 89.8 Å². The Morgan fingerprint density at radius 3 is 2.46 bits per heavy atom. The van der Waals surface area contributed by atoms with Crippen molar-refractivity contribution in [3.05, 3.63) is 112 Å². The Morgan fingerprint density at radius 1 is 0.865 bits per heavy atom. The van der Waals surface area contributed by atoms with E-state index in [1.165, 1.54) is 10.3 Å². The van der Waals surface area contributed by atoms with Crippen molar-refractivity contribution < 1.29 is 19.1 Å². The van der Waals surface area contributed by atoms with Crippen molar-refractivity contribution in [3.8, 4) is 11.5 Å². The van der Waals surface area contributed by atoms with Gasteiger partial charge in [-0.3, -0.25) is 14.5 Å². The number of benzene rings is 4. The van der Waals surface area contributed by atoms with Gasteiger partial charge in [0.15, 0.2) is 11.5 Å². The van der Waals surface area contributed by atoms with Crippen LogP contribution < -0.4 is 9.47 Å². The van der Waals surface area contributed by atoms with Gasteiger partial charge in [0.05, 0.1) is 18.1 Å². The number of imide groups is 1. The van der Waals surface area contributed by atoms with E-state index in [9.17, 15) is 9.59 Å². The number of hydrogen-bond donors (Lipinski definition) is 0. The molecule has 0 N–H and O–H groups in total. The molecule has 0 saturated carbocycles. The molecule has 1 aliphatic heterocycles. The first kappa shape index (κ1) is 24.9. The largest absolute Gasteiger partial charge is 0.490 e. The highest BCUT2D eigenvalue weighted by atomic mass is 35.5. The van der Waals surface area contributed by atoms with Crippen molar-refractivity contribution in [1.29, 1.82) is 0 Å². The third kappa shape index (κ3) is 5.66. The van der Waals surface area contributed by atoms with Crippen molar-refractivity contribution in [1.82, 2.24) is 4.90 Å². The summed E-state index contributed by atoms with van der Waals surface area (Å²) in [7, 11) is 0. The van der Waals surface area contributed by atoms with Crippen LogP contribution in [0.5, 0.6) is 11.5 Å². The molecule has 1 aliphatic rings. The summed E-state index contributed by atoms with van der Waals surface area (Å²) in [5.41, 5.74) is 2.52. The first-order valence-electron chi connectivity index (χ1n) is 11.9. The lowest BCUT2D eigenvalue weighted by atomic mass is 10.1. The second-order valence-electron chi connectivity index (χ2n) is 8.47. The predicted molar refractivity (Wildman–Crippen MR) is 149 cm³/mol. The Kier molecular flexibility index (Phi) is 7.49. The van der Waals surface area contributed by atoms with Crippen molar-refractivity contribution >= 4 is 51.4 Å². The number of nitrogens with zero attached hydrogens (tertiary/aromatic N) is 1. The molecular weight excluding hydrogens is 506 g/mol. The average molecular weight is 530 g/mol. The van der Waals surface area contributed by atoms with E-state index in [0.29, 0.717) is 34.6 Å². The van der Waals surface area contributed by atoms with Gasteiger partial charge in [-0.25, -0.2) is 0 Å². The molecule has 186 valence electrons. The molecule has 0 spiro atoms. The van der Waals surface area contributed by atoms with Crippen molar-refractivity contribution in [3.63, 3.8) is 0 Å². The van der Waals surface area contributed by atoms with E-state index in [1.807, 2.05) is 49.4 Å². The molecule has 2 amide bonds. The standard InChI is InChI=1S/C30H24ClNO4S/c1-2-35-27-16-20(12-14-26(27)36-19-21-11-13-22-7-3-4-8-23(22)15-21)17-28-29(33)32(30(34)37-28)18-24-9-5-6-10-25(24)31/h3-17H,2,18-19H2,1H3/b28-17+. The van der Waals surface area contributed by atoms with Gasteiger partial charge in [0, 0.05) is 5.02 Å². The summed E-state index contributed by atoms with van der Waals surface area (Å²) in [4.78, 5) is 27.1. The van der Waals surface area contributed by atoms with Gasteiger partial charge in [0.1, 0.15) is 6.61 Å². The van der Waals surface area contributed by atoms with Crippen molar-refractivity contribution in [2.24, 2.45) is 0 Å². The Hall–Kier alpha value is -3.74. The minimum absolute atomic E-state index is 0.132. The molecule has 0 aromatic heterocycles. The highest BCUT2D eigenvalue weighted by Crippen LogP contribution is 2.36. The lowest BCUT2D eigenvalue weighted by Crippen LogP contribution is -2.27. The molecule has 7 heteroatoms. The first-order chi connectivity index (χ1) is 18.0. The van der Waals surface area contributed by atoms with Crippen LogP contribution in [0.25, 0.3) is 16.8 Å². The summed E-state index contributed by atoms with van der Waals surface area (Å²) < 4.78 is 11.9. The minimum Gasteiger partial charge on any atom is -0.490 e. The van der Waals surface area contributed by atoms with Crippen LogP contribution in [-0.2, 0) is 17.9 Å². The van der Waals surface area contributed by atoms with Crippen molar-refractivity contribution in [2.75, 3.05) is 6.61 Å². The number of ether oxygens (including phenoxy) is 2. The molecule has 0 unspecified atom stereocenters. The number of carbonyl (C=O) groups excluding carboxylic acids is 2. The van der Waals surface area contributed by atoms with E-state index in [1.54, 1.807) is 18.2 Å². The van der Waals surface area contributed by atoms with Gasteiger partial charge in [-0.15, -0.1) is 0 Å². The molecule has 5 nitrogen and oxygen atoms in total. The average Bonchev–Trinajstić information content (AvgIpc) is 3.16. The summed E-state index contributed by atoms with van der Waals surface area (Å²) in [5, 5.41) is 2.54. The normalized spacial score (nSPS) is 14.5. The molecule has 0 bridgehead atoms. The maximum absolute atomic E-state index is 13.0. The number of halogens is 1. The minimum atomic E-state index is -0.343. The Labute approximate surface area is 224 Å². The van der Waals surface area contributed by atoms with Crippen LogP contribution in [0, 0.1) is 0 Å². The fourth-order valence-corrected chi connectivity index (χ4v) is 5.11. The van der Waals surface area contributed by atoms with E-state index in [2.05, 4.69) is 30.3 Å². The highest BCUT2D eigenvalue weighted by Gasteiger charge is 2.35. The smallest absolute Gasteiger partial charge is 0.293 e. The van der Waals surface area contributed by atoms with Crippen LogP contribution >= 0.6 is 23.4 Å². The van der Waals surface area contributed by atoms with Crippen LogP contribution in [-0.4, -0.2) is 22.7 Å². The number of thioether (sulfide) groups is 1. The first-order valence-corrected chi connectivity index (χ1v) is 13.1. The molecule has 5 rings (SSSR count). The molecule has 1 heterocycles. The lowest BCUT2D eigenvalue weighted by Gasteiger charge is -2.14. The maximum atomic E-state index is 13.0. The topological polar surface area (TPSA) is 55.8 Å². The molecule has 0 aliphatic carbocycles. The van der Waals surface area contributed by atoms with Gasteiger partial charge in [0.25, 0.3) is 11.1 Å². The molecule has 0 atom stereocenters. The van der Waals surface area contributed by atoms with E-state index in [4.69, 9.17) is 21.1 Å². The quantitative estimate of drug-likeness (QED) is 0.219.